The van der Waals surface area contributed by atoms with E-state index in [9.17, 15) is 0 Å². The first kappa shape index (κ1) is 14.6. The summed E-state index contributed by atoms with van der Waals surface area (Å²) in [6.07, 6.45) is 3.70. The Morgan fingerprint density at radius 3 is 2.55 bits per heavy atom. The molecule has 1 heterocycles. The zero-order chi connectivity index (χ0) is 14.4. The molecule has 0 aliphatic heterocycles. The first-order valence-corrected chi connectivity index (χ1v) is 7.59. The van der Waals surface area contributed by atoms with Crippen molar-refractivity contribution in [1.29, 1.82) is 0 Å². The highest BCUT2D eigenvalue weighted by atomic mass is 15.3. The van der Waals surface area contributed by atoms with Crippen LogP contribution in [0, 0.1) is 6.92 Å². The molecule has 0 aliphatic carbocycles. The van der Waals surface area contributed by atoms with Crippen LogP contribution in [0.5, 0.6) is 0 Å². The average Bonchev–Trinajstić information content (AvgIpc) is 2.84. The summed E-state index contributed by atoms with van der Waals surface area (Å²) in [6, 6.07) is 10.9. The molecule has 3 nitrogen and oxygen atoms in total. The minimum atomic E-state index is 0.822. The quantitative estimate of drug-likeness (QED) is 0.819. The van der Waals surface area contributed by atoms with Crippen molar-refractivity contribution in [2.75, 3.05) is 5.32 Å². The summed E-state index contributed by atoms with van der Waals surface area (Å²) in [5.74, 6) is 0. The largest absolute Gasteiger partial charge is 0.379 e. The van der Waals surface area contributed by atoms with Crippen LogP contribution in [0.25, 0.3) is 0 Å². The fraction of sp³-hybridized carbons (Fsp3) is 0.471. The van der Waals surface area contributed by atoms with E-state index in [1.807, 2.05) is 6.92 Å². The number of aryl methyl sites for hydroxylation is 3. The van der Waals surface area contributed by atoms with Crippen molar-refractivity contribution in [3.05, 3.63) is 47.3 Å². The maximum Gasteiger partial charge on any atom is 0.0597 e. The van der Waals surface area contributed by atoms with Crippen molar-refractivity contribution >= 4 is 5.69 Å². The van der Waals surface area contributed by atoms with Crippen LogP contribution in [0.4, 0.5) is 5.69 Å². The van der Waals surface area contributed by atoms with E-state index in [0.29, 0.717) is 0 Å². The lowest BCUT2D eigenvalue weighted by Gasteiger charge is -2.09. The maximum absolute atomic E-state index is 4.47. The molecule has 108 valence electrons. The molecule has 1 aromatic carbocycles. The highest BCUT2D eigenvalue weighted by Crippen LogP contribution is 2.13. The molecule has 0 unspecified atom stereocenters. The molecule has 0 radical (unpaired) electrons. The van der Waals surface area contributed by atoms with Crippen LogP contribution in [0.2, 0.25) is 0 Å². The van der Waals surface area contributed by atoms with E-state index in [0.717, 1.165) is 18.8 Å². The number of aromatic nitrogens is 2. The van der Waals surface area contributed by atoms with Crippen molar-refractivity contribution in [2.45, 2.75) is 53.1 Å². The van der Waals surface area contributed by atoms with Gasteiger partial charge in [0, 0.05) is 12.2 Å². The maximum atomic E-state index is 4.47. The number of nitrogens with zero attached hydrogens (tertiary/aromatic N) is 2. The highest BCUT2D eigenvalue weighted by Gasteiger charge is 2.03. The minimum Gasteiger partial charge on any atom is -0.379 e. The van der Waals surface area contributed by atoms with E-state index in [-0.39, 0.29) is 0 Å². The van der Waals surface area contributed by atoms with Gasteiger partial charge >= 0.3 is 0 Å². The van der Waals surface area contributed by atoms with E-state index in [4.69, 9.17) is 0 Å². The van der Waals surface area contributed by atoms with Gasteiger partial charge < -0.3 is 5.32 Å². The van der Waals surface area contributed by atoms with Crippen molar-refractivity contribution in [3.8, 4) is 0 Å². The van der Waals surface area contributed by atoms with E-state index in [1.165, 1.54) is 36.2 Å². The summed E-state index contributed by atoms with van der Waals surface area (Å²) in [4.78, 5) is 0. The molecular formula is C17H25N3. The number of nitrogens with one attached hydrogen (secondary N) is 1. The molecule has 0 spiro atoms. The molecule has 3 heteroatoms. The normalized spacial score (nSPS) is 10.8. The third-order valence-electron chi connectivity index (χ3n) is 3.53. The van der Waals surface area contributed by atoms with Gasteiger partial charge in [-0.1, -0.05) is 25.5 Å². The Morgan fingerprint density at radius 2 is 1.90 bits per heavy atom. The second kappa shape index (κ2) is 7.13. The van der Waals surface area contributed by atoms with Gasteiger partial charge in [-0.15, -0.1) is 0 Å². The summed E-state index contributed by atoms with van der Waals surface area (Å²) in [5, 5.41) is 7.94. The molecule has 0 fully saturated rings. The van der Waals surface area contributed by atoms with Crippen LogP contribution in [-0.2, 0) is 19.5 Å². The van der Waals surface area contributed by atoms with Gasteiger partial charge in [-0.05, 0) is 50.5 Å². The molecule has 0 bridgehead atoms. The summed E-state index contributed by atoms with van der Waals surface area (Å²) in [7, 11) is 0. The van der Waals surface area contributed by atoms with E-state index in [1.54, 1.807) is 0 Å². The molecule has 0 aliphatic rings. The fourth-order valence-corrected chi connectivity index (χ4v) is 2.38. The topological polar surface area (TPSA) is 29.9 Å². The number of anilines is 1. The summed E-state index contributed by atoms with van der Waals surface area (Å²) in [5.41, 5.74) is 4.91. The SMILES string of the molecule is CCCCc1ccc(NCc2cc(C)nn2CC)cc1. The van der Waals surface area contributed by atoms with Crippen LogP contribution in [0.15, 0.2) is 30.3 Å². The Bertz CT molecular complexity index is 526. The van der Waals surface area contributed by atoms with Crippen molar-refractivity contribution in [3.63, 3.8) is 0 Å². The zero-order valence-corrected chi connectivity index (χ0v) is 12.8. The Morgan fingerprint density at radius 1 is 1.15 bits per heavy atom. The molecule has 0 saturated heterocycles. The summed E-state index contributed by atoms with van der Waals surface area (Å²) in [6.45, 7) is 8.13. The number of hydrogen-bond acceptors (Lipinski definition) is 2. The Kier molecular flexibility index (Phi) is 5.22. The molecule has 1 N–H and O–H groups in total. The fourth-order valence-electron chi connectivity index (χ4n) is 2.38. The molecule has 0 amide bonds. The van der Waals surface area contributed by atoms with Crippen LogP contribution in [0.3, 0.4) is 0 Å². The van der Waals surface area contributed by atoms with E-state index >= 15 is 0 Å². The van der Waals surface area contributed by atoms with Gasteiger partial charge in [-0.25, -0.2) is 0 Å². The number of rotatable bonds is 7. The number of hydrogen-bond donors (Lipinski definition) is 1. The smallest absolute Gasteiger partial charge is 0.0597 e. The van der Waals surface area contributed by atoms with Crippen LogP contribution in [0.1, 0.15) is 43.6 Å². The van der Waals surface area contributed by atoms with Crippen LogP contribution >= 0.6 is 0 Å². The van der Waals surface area contributed by atoms with Gasteiger partial charge in [-0.3, -0.25) is 4.68 Å². The third kappa shape index (κ3) is 3.86. The van der Waals surface area contributed by atoms with Gasteiger partial charge in [-0.2, -0.15) is 5.10 Å². The minimum absolute atomic E-state index is 0.822. The predicted molar refractivity (Wildman–Crippen MR) is 85.0 cm³/mol. The van der Waals surface area contributed by atoms with Crippen LogP contribution < -0.4 is 5.32 Å². The summed E-state index contributed by atoms with van der Waals surface area (Å²) >= 11 is 0. The molecule has 20 heavy (non-hydrogen) atoms. The van der Waals surface area contributed by atoms with Crippen molar-refractivity contribution in [2.24, 2.45) is 0 Å². The molecule has 0 saturated carbocycles. The van der Waals surface area contributed by atoms with E-state index in [2.05, 4.69) is 59.3 Å². The van der Waals surface area contributed by atoms with Gasteiger partial charge in [0.15, 0.2) is 0 Å². The van der Waals surface area contributed by atoms with Crippen molar-refractivity contribution < 1.29 is 0 Å². The predicted octanol–water partition coefficient (Wildman–Crippen LogP) is 4.17. The first-order valence-electron chi connectivity index (χ1n) is 7.59. The molecular weight excluding hydrogens is 246 g/mol. The monoisotopic (exact) mass is 271 g/mol. The first-order chi connectivity index (χ1) is 9.72. The van der Waals surface area contributed by atoms with Crippen LogP contribution in [-0.4, -0.2) is 9.78 Å². The third-order valence-corrected chi connectivity index (χ3v) is 3.53. The number of benzene rings is 1. The standard InChI is InChI=1S/C17H25N3/c1-4-6-7-15-8-10-16(11-9-15)18-13-17-12-14(3)19-20(17)5-2/h8-12,18H,4-7,13H2,1-3H3. The van der Waals surface area contributed by atoms with Gasteiger partial charge in [0.05, 0.1) is 17.9 Å². The Hall–Kier alpha value is -1.77. The van der Waals surface area contributed by atoms with Gasteiger partial charge in [0.25, 0.3) is 0 Å². The highest BCUT2D eigenvalue weighted by molar-refractivity contribution is 5.44. The summed E-state index contributed by atoms with van der Waals surface area (Å²) < 4.78 is 2.05. The molecule has 0 atom stereocenters. The second-order valence-corrected chi connectivity index (χ2v) is 5.25. The molecule has 2 aromatic rings. The van der Waals surface area contributed by atoms with Gasteiger partial charge in [0.2, 0.25) is 0 Å². The average molecular weight is 271 g/mol. The Labute approximate surface area is 122 Å². The number of unbranched alkanes of at least 4 members (excludes halogenated alkanes) is 1. The van der Waals surface area contributed by atoms with Crippen molar-refractivity contribution in [1.82, 2.24) is 9.78 Å². The molecule has 2 rings (SSSR count). The molecule has 1 aromatic heterocycles. The Balaban J connectivity index is 1.93. The lowest BCUT2D eigenvalue weighted by atomic mass is 10.1. The lowest BCUT2D eigenvalue weighted by Crippen LogP contribution is -2.07. The zero-order valence-electron chi connectivity index (χ0n) is 12.8. The van der Waals surface area contributed by atoms with Gasteiger partial charge in [0.1, 0.15) is 0 Å². The van der Waals surface area contributed by atoms with E-state index < -0.39 is 0 Å². The second-order valence-electron chi connectivity index (χ2n) is 5.25. The lowest BCUT2D eigenvalue weighted by molar-refractivity contribution is 0.623.